The van der Waals surface area contributed by atoms with Crippen molar-refractivity contribution >= 4 is 33.8 Å². The molecule has 14 heteroatoms. The number of hydrogen-bond acceptors (Lipinski definition) is 10. The van der Waals surface area contributed by atoms with E-state index in [-0.39, 0.29) is 55.3 Å². The fourth-order valence-corrected chi connectivity index (χ4v) is 6.54. The third-order valence-electron chi connectivity index (χ3n) is 8.08. The molecule has 4 fully saturated rings. The van der Waals surface area contributed by atoms with Crippen molar-refractivity contribution in [3.63, 3.8) is 0 Å². The number of carbonyl (C=O) groups excluding carboxylic acids is 3. The van der Waals surface area contributed by atoms with Gasteiger partial charge in [-0.25, -0.2) is 23.2 Å². The molecule has 0 bridgehead atoms. The van der Waals surface area contributed by atoms with Crippen LogP contribution in [0.2, 0.25) is 0 Å². The van der Waals surface area contributed by atoms with E-state index in [1.165, 1.54) is 28.5 Å². The second-order valence-electron chi connectivity index (χ2n) is 11.5. The van der Waals surface area contributed by atoms with Gasteiger partial charge in [0.2, 0.25) is 21.8 Å². The van der Waals surface area contributed by atoms with Crippen LogP contribution in [0, 0.1) is 5.92 Å². The predicted molar refractivity (Wildman–Crippen MR) is 142 cm³/mol. The number of anilines is 1. The second kappa shape index (κ2) is 11.1. The molecular formula is C26H37N5O8S. The number of piperazine rings is 1. The molecule has 0 N–H and O–H groups in total. The highest BCUT2D eigenvalue weighted by Crippen LogP contribution is 2.43. The summed E-state index contributed by atoms with van der Waals surface area (Å²) in [6.45, 7) is 4.99. The number of hydrogen-bond donors (Lipinski definition) is 0. The number of aromatic nitrogens is 2. The number of sulfonamides is 1. The van der Waals surface area contributed by atoms with Gasteiger partial charge >= 0.3 is 12.1 Å². The van der Waals surface area contributed by atoms with Gasteiger partial charge in [-0.2, -0.15) is 4.31 Å². The van der Waals surface area contributed by atoms with Crippen LogP contribution in [0.15, 0.2) is 12.4 Å². The molecule has 4 aliphatic rings. The number of amides is 2. The molecule has 0 radical (unpaired) electrons. The normalized spacial score (nSPS) is 22.5. The number of esters is 1. The van der Waals surface area contributed by atoms with E-state index in [2.05, 4.69) is 9.97 Å². The summed E-state index contributed by atoms with van der Waals surface area (Å²) in [5.41, 5.74) is -0.950. The van der Waals surface area contributed by atoms with Gasteiger partial charge in [0.05, 0.1) is 31.3 Å². The topological polar surface area (TPSA) is 149 Å². The molecule has 1 aromatic rings. The summed E-state index contributed by atoms with van der Waals surface area (Å²) in [4.78, 5) is 48.1. The summed E-state index contributed by atoms with van der Waals surface area (Å²) in [5.74, 6) is -0.0387. The Morgan fingerprint density at radius 1 is 1.02 bits per heavy atom. The minimum Gasteiger partial charge on any atom is -0.476 e. The maximum Gasteiger partial charge on any atom is 0.410 e. The molecule has 2 saturated heterocycles. The smallest absolute Gasteiger partial charge is 0.410 e. The van der Waals surface area contributed by atoms with Crippen LogP contribution in [-0.2, 0) is 29.1 Å². The van der Waals surface area contributed by atoms with Crippen molar-refractivity contribution in [2.75, 3.05) is 50.0 Å². The Kier molecular flexibility index (Phi) is 7.92. The molecule has 40 heavy (non-hydrogen) atoms. The third-order valence-corrected chi connectivity index (χ3v) is 9.90. The largest absolute Gasteiger partial charge is 0.476 e. The summed E-state index contributed by atoms with van der Waals surface area (Å²) in [5, 5.41) is 0. The zero-order valence-electron chi connectivity index (χ0n) is 23.0. The van der Waals surface area contributed by atoms with Crippen molar-refractivity contribution in [1.82, 2.24) is 19.2 Å². The van der Waals surface area contributed by atoms with E-state index in [9.17, 15) is 22.8 Å². The molecule has 0 spiro atoms. The highest BCUT2D eigenvalue weighted by atomic mass is 32.2. The van der Waals surface area contributed by atoms with Crippen LogP contribution < -0.4 is 9.64 Å². The minimum atomic E-state index is -3.68. The molecule has 2 amide bonds. The third kappa shape index (κ3) is 7.00. The van der Waals surface area contributed by atoms with Crippen LogP contribution in [0.1, 0.15) is 58.8 Å². The summed E-state index contributed by atoms with van der Waals surface area (Å²) in [6.07, 6.45) is 7.67. The first-order valence-corrected chi connectivity index (χ1v) is 15.5. The first kappa shape index (κ1) is 28.5. The number of piperidine rings is 1. The Labute approximate surface area is 234 Å². The van der Waals surface area contributed by atoms with Gasteiger partial charge in [0.15, 0.2) is 5.82 Å². The van der Waals surface area contributed by atoms with Gasteiger partial charge in [0, 0.05) is 39.5 Å². The highest BCUT2D eigenvalue weighted by Gasteiger charge is 2.47. The molecule has 2 saturated carbocycles. The Morgan fingerprint density at radius 2 is 1.75 bits per heavy atom. The van der Waals surface area contributed by atoms with Crippen molar-refractivity contribution in [2.45, 2.75) is 70.0 Å². The van der Waals surface area contributed by atoms with E-state index < -0.39 is 21.6 Å². The SMILES string of the molecule is CC(=O)OC1(CCS(=O)(=O)N2CCN(c3cnc(OCC4CCN(C(=O)OC5(C)CC5)CC4)cn3)C(=O)C2)CC1. The molecule has 3 heterocycles. The molecular weight excluding hydrogens is 542 g/mol. The Morgan fingerprint density at radius 3 is 2.33 bits per heavy atom. The second-order valence-corrected chi connectivity index (χ2v) is 13.6. The maximum absolute atomic E-state index is 12.8. The van der Waals surface area contributed by atoms with Crippen molar-refractivity contribution in [2.24, 2.45) is 5.92 Å². The van der Waals surface area contributed by atoms with Crippen LogP contribution in [0.3, 0.4) is 0 Å². The van der Waals surface area contributed by atoms with Gasteiger partial charge in [-0.1, -0.05) is 0 Å². The van der Waals surface area contributed by atoms with Gasteiger partial charge in [-0.3, -0.25) is 14.5 Å². The van der Waals surface area contributed by atoms with Crippen molar-refractivity contribution in [3.8, 4) is 5.88 Å². The molecule has 0 atom stereocenters. The molecule has 0 aromatic carbocycles. The van der Waals surface area contributed by atoms with Crippen molar-refractivity contribution < 1.29 is 37.0 Å². The number of carbonyl (C=O) groups is 3. The molecule has 13 nitrogen and oxygen atoms in total. The van der Waals surface area contributed by atoms with E-state index in [1.807, 2.05) is 6.92 Å². The van der Waals surface area contributed by atoms with Crippen LogP contribution >= 0.6 is 0 Å². The fraction of sp³-hybridized carbons (Fsp3) is 0.731. The zero-order chi connectivity index (χ0) is 28.5. The van der Waals surface area contributed by atoms with Gasteiger partial charge in [-0.05, 0) is 51.4 Å². The standard InChI is InChI=1S/C26H37N5O8S/c1-19(32)38-26(7-8-26)9-14-40(35,36)30-12-13-31(23(33)17-30)21-15-28-22(16-27-21)37-18-20-3-10-29(11-4-20)24(34)39-25(2)5-6-25/h15-16,20H,3-14,17-18H2,1-2H3. The average Bonchev–Trinajstić information content (AvgIpc) is 3.85. The lowest BCUT2D eigenvalue weighted by molar-refractivity contribution is -0.148. The molecule has 220 valence electrons. The molecule has 2 aliphatic heterocycles. The van der Waals surface area contributed by atoms with Gasteiger partial charge in [0.25, 0.3) is 0 Å². The minimum absolute atomic E-state index is 0.139. The molecule has 0 unspecified atom stereocenters. The average molecular weight is 580 g/mol. The highest BCUT2D eigenvalue weighted by molar-refractivity contribution is 7.89. The molecule has 1 aromatic heterocycles. The summed E-state index contributed by atoms with van der Waals surface area (Å²) in [6, 6.07) is 0. The van der Waals surface area contributed by atoms with Crippen molar-refractivity contribution in [1.29, 1.82) is 0 Å². The van der Waals surface area contributed by atoms with Crippen molar-refractivity contribution in [3.05, 3.63) is 12.4 Å². The summed E-state index contributed by atoms with van der Waals surface area (Å²) in [7, 11) is -3.68. The first-order chi connectivity index (χ1) is 19.0. The number of likely N-dealkylation sites (tertiary alicyclic amines) is 1. The quantitative estimate of drug-likeness (QED) is 0.375. The van der Waals surface area contributed by atoms with Crippen LogP contribution in [-0.4, -0.2) is 102 Å². The Bertz CT molecular complexity index is 1220. The Balaban J connectivity index is 1.05. The van der Waals surface area contributed by atoms with Crippen LogP contribution in [0.4, 0.5) is 10.6 Å². The summed E-state index contributed by atoms with van der Waals surface area (Å²) < 4.78 is 43.5. The molecule has 5 rings (SSSR count). The van der Waals surface area contributed by atoms with E-state index in [0.717, 1.165) is 25.7 Å². The van der Waals surface area contributed by atoms with E-state index in [1.54, 1.807) is 4.90 Å². The predicted octanol–water partition coefficient (Wildman–Crippen LogP) is 1.72. The zero-order valence-corrected chi connectivity index (χ0v) is 23.9. The number of ether oxygens (including phenoxy) is 3. The van der Waals surface area contributed by atoms with Gasteiger partial charge in [0.1, 0.15) is 11.2 Å². The van der Waals surface area contributed by atoms with Crippen LogP contribution in [0.5, 0.6) is 5.88 Å². The Hall–Kier alpha value is -3.00. The van der Waals surface area contributed by atoms with Gasteiger partial charge in [-0.15, -0.1) is 0 Å². The van der Waals surface area contributed by atoms with E-state index in [4.69, 9.17) is 14.2 Å². The lowest BCUT2D eigenvalue weighted by atomic mass is 9.98. The van der Waals surface area contributed by atoms with Crippen LogP contribution in [0.25, 0.3) is 0 Å². The van der Waals surface area contributed by atoms with E-state index >= 15 is 0 Å². The molecule has 2 aliphatic carbocycles. The van der Waals surface area contributed by atoms with Gasteiger partial charge < -0.3 is 19.1 Å². The number of nitrogens with zero attached hydrogens (tertiary/aromatic N) is 5. The first-order valence-electron chi connectivity index (χ1n) is 13.9. The maximum atomic E-state index is 12.8. The monoisotopic (exact) mass is 579 g/mol. The lowest BCUT2D eigenvalue weighted by Gasteiger charge is -2.33. The fourth-order valence-electron chi connectivity index (χ4n) is 4.98. The summed E-state index contributed by atoms with van der Waals surface area (Å²) >= 11 is 0. The lowest BCUT2D eigenvalue weighted by Crippen LogP contribution is -2.53. The van der Waals surface area contributed by atoms with E-state index in [0.29, 0.717) is 44.2 Å². The number of rotatable bonds is 10.